The van der Waals surface area contributed by atoms with Crippen LogP contribution in [0, 0.1) is 5.92 Å². The molecule has 0 spiro atoms. The van der Waals surface area contributed by atoms with Crippen LogP contribution in [0.4, 0.5) is 0 Å². The maximum atomic E-state index is 12.6. The van der Waals surface area contributed by atoms with Gasteiger partial charge in [-0.25, -0.2) is 4.98 Å². The van der Waals surface area contributed by atoms with Crippen molar-refractivity contribution in [1.82, 2.24) is 20.5 Å². The van der Waals surface area contributed by atoms with E-state index in [1.807, 2.05) is 6.20 Å². The molecule has 1 aromatic rings. The van der Waals surface area contributed by atoms with Gasteiger partial charge in [-0.15, -0.1) is 11.3 Å². The van der Waals surface area contributed by atoms with E-state index in [9.17, 15) is 4.79 Å². The number of guanidine groups is 1. The Hall–Kier alpha value is -1.63. The van der Waals surface area contributed by atoms with Crippen LogP contribution in [0.1, 0.15) is 55.8 Å². The van der Waals surface area contributed by atoms with Crippen molar-refractivity contribution in [3.05, 3.63) is 16.1 Å². The standard InChI is InChI=1S/C20H33N5OS/c1-3-17-13-23-18(27-17)9-11-22-20(21-4-2)24-16-10-12-25(14-16)19(26)15-7-5-6-8-15/h13,15-16H,3-12,14H2,1-2H3,(H2,21,22,24). The minimum absolute atomic E-state index is 0.275. The SMILES string of the molecule is CCNC(=NCCc1ncc(CC)s1)NC1CCN(C(=O)C2CCCC2)C1. The molecule has 1 saturated heterocycles. The molecule has 1 aliphatic carbocycles. The molecule has 7 heteroatoms. The van der Waals surface area contributed by atoms with Crippen LogP contribution >= 0.6 is 11.3 Å². The highest BCUT2D eigenvalue weighted by Crippen LogP contribution is 2.27. The lowest BCUT2D eigenvalue weighted by molar-refractivity contribution is -0.134. The fourth-order valence-electron chi connectivity index (χ4n) is 3.91. The number of hydrogen-bond acceptors (Lipinski definition) is 4. The predicted molar refractivity (Wildman–Crippen MR) is 111 cm³/mol. The Morgan fingerprint density at radius 1 is 1.33 bits per heavy atom. The number of aliphatic imine (C=N–C) groups is 1. The van der Waals surface area contributed by atoms with E-state index in [-0.39, 0.29) is 5.92 Å². The van der Waals surface area contributed by atoms with Crippen LogP contribution in [0.15, 0.2) is 11.2 Å². The Morgan fingerprint density at radius 2 is 2.15 bits per heavy atom. The van der Waals surface area contributed by atoms with E-state index < -0.39 is 0 Å². The van der Waals surface area contributed by atoms with Crippen molar-refractivity contribution in [1.29, 1.82) is 0 Å². The first-order valence-corrected chi connectivity index (χ1v) is 11.3. The Balaban J connectivity index is 1.47. The fraction of sp³-hybridized carbons (Fsp3) is 0.750. The van der Waals surface area contributed by atoms with Gasteiger partial charge < -0.3 is 15.5 Å². The molecule has 0 radical (unpaired) electrons. The van der Waals surface area contributed by atoms with E-state index in [0.717, 1.165) is 69.3 Å². The Kier molecular flexibility index (Phi) is 7.50. The van der Waals surface area contributed by atoms with Gasteiger partial charge in [-0.2, -0.15) is 0 Å². The smallest absolute Gasteiger partial charge is 0.225 e. The van der Waals surface area contributed by atoms with Gasteiger partial charge in [0, 0.05) is 55.6 Å². The van der Waals surface area contributed by atoms with Crippen molar-refractivity contribution < 1.29 is 4.79 Å². The zero-order chi connectivity index (χ0) is 19.1. The third-order valence-electron chi connectivity index (χ3n) is 5.43. The number of hydrogen-bond donors (Lipinski definition) is 2. The lowest BCUT2D eigenvalue weighted by Crippen LogP contribution is -2.45. The van der Waals surface area contributed by atoms with Crippen molar-refractivity contribution >= 4 is 23.2 Å². The molecule has 27 heavy (non-hydrogen) atoms. The van der Waals surface area contributed by atoms with Gasteiger partial charge in [0.25, 0.3) is 0 Å². The molecule has 2 aliphatic rings. The largest absolute Gasteiger partial charge is 0.357 e. The molecule has 2 heterocycles. The summed E-state index contributed by atoms with van der Waals surface area (Å²) in [5.74, 6) is 1.50. The van der Waals surface area contributed by atoms with Gasteiger partial charge in [-0.05, 0) is 32.6 Å². The summed E-state index contributed by atoms with van der Waals surface area (Å²) < 4.78 is 0. The number of rotatable bonds is 7. The first kappa shape index (κ1) is 20.1. The monoisotopic (exact) mass is 391 g/mol. The highest BCUT2D eigenvalue weighted by molar-refractivity contribution is 7.11. The second-order valence-corrected chi connectivity index (χ2v) is 8.68. The maximum absolute atomic E-state index is 12.6. The first-order valence-electron chi connectivity index (χ1n) is 10.5. The van der Waals surface area contributed by atoms with Crippen molar-refractivity contribution in [2.75, 3.05) is 26.2 Å². The average Bonchev–Trinajstić information content (AvgIpc) is 3.43. The van der Waals surface area contributed by atoms with Gasteiger partial charge in [-0.1, -0.05) is 19.8 Å². The van der Waals surface area contributed by atoms with Gasteiger partial charge in [-0.3, -0.25) is 9.79 Å². The number of nitrogens with zero attached hydrogens (tertiary/aromatic N) is 3. The van der Waals surface area contributed by atoms with Crippen molar-refractivity contribution in [3.63, 3.8) is 0 Å². The Morgan fingerprint density at radius 3 is 2.85 bits per heavy atom. The molecule has 150 valence electrons. The molecule has 1 saturated carbocycles. The summed E-state index contributed by atoms with van der Waals surface area (Å²) in [6.07, 6.45) is 9.46. The summed E-state index contributed by atoms with van der Waals surface area (Å²) in [7, 11) is 0. The number of carbonyl (C=O) groups excluding carboxylic acids is 1. The molecule has 2 fully saturated rings. The van der Waals surface area contributed by atoms with Crippen LogP contribution in [0.3, 0.4) is 0 Å². The number of aromatic nitrogens is 1. The zero-order valence-corrected chi connectivity index (χ0v) is 17.5. The zero-order valence-electron chi connectivity index (χ0n) is 16.7. The summed E-state index contributed by atoms with van der Waals surface area (Å²) >= 11 is 1.78. The highest BCUT2D eigenvalue weighted by Gasteiger charge is 2.32. The van der Waals surface area contributed by atoms with E-state index in [1.54, 1.807) is 11.3 Å². The molecule has 1 unspecified atom stereocenters. The number of amides is 1. The second kappa shape index (κ2) is 10.1. The van der Waals surface area contributed by atoms with E-state index >= 15 is 0 Å². The van der Waals surface area contributed by atoms with Crippen molar-refractivity contribution in [3.8, 4) is 0 Å². The second-order valence-electron chi connectivity index (χ2n) is 7.48. The summed E-state index contributed by atoms with van der Waals surface area (Å²) in [5.41, 5.74) is 0. The van der Waals surface area contributed by atoms with Gasteiger partial charge in [0.05, 0.1) is 5.01 Å². The van der Waals surface area contributed by atoms with Gasteiger partial charge in [0.15, 0.2) is 5.96 Å². The van der Waals surface area contributed by atoms with Crippen LogP contribution in [0.5, 0.6) is 0 Å². The lowest BCUT2D eigenvalue weighted by atomic mass is 10.1. The summed E-state index contributed by atoms with van der Waals surface area (Å²) in [4.78, 5) is 25.2. The number of nitrogens with one attached hydrogen (secondary N) is 2. The molecule has 2 N–H and O–H groups in total. The lowest BCUT2D eigenvalue weighted by Gasteiger charge is -2.21. The molecule has 3 rings (SSSR count). The van der Waals surface area contributed by atoms with Gasteiger partial charge >= 0.3 is 0 Å². The Labute approximate surface area is 166 Å². The number of carbonyl (C=O) groups is 1. The third-order valence-corrected chi connectivity index (χ3v) is 6.64. The normalized spacial score (nSPS) is 21.0. The summed E-state index contributed by atoms with van der Waals surface area (Å²) in [5, 5.41) is 8.01. The number of aryl methyl sites for hydroxylation is 1. The molecule has 1 amide bonds. The molecule has 1 atom stereocenters. The maximum Gasteiger partial charge on any atom is 0.225 e. The van der Waals surface area contributed by atoms with Crippen LogP contribution in [-0.4, -0.2) is 54.0 Å². The molecule has 0 bridgehead atoms. The summed E-state index contributed by atoms with van der Waals surface area (Å²) in [6, 6.07) is 0.291. The summed E-state index contributed by atoms with van der Waals surface area (Å²) in [6.45, 7) is 7.46. The van der Waals surface area contributed by atoms with E-state index in [2.05, 4.69) is 34.4 Å². The Bertz CT molecular complexity index is 638. The van der Waals surface area contributed by atoms with E-state index in [1.165, 1.54) is 17.7 Å². The average molecular weight is 392 g/mol. The molecule has 6 nitrogen and oxygen atoms in total. The van der Waals surface area contributed by atoms with Crippen LogP contribution in [0.2, 0.25) is 0 Å². The third kappa shape index (κ3) is 5.67. The highest BCUT2D eigenvalue weighted by atomic mass is 32.1. The van der Waals surface area contributed by atoms with Crippen LogP contribution in [0.25, 0.3) is 0 Å². The quantitative estimate of drug-likeness (QED) is 0.554. The van der Waals surface area contributed by atoms with E-state index in [0.29, 0.717) is 11.9 Å². The minimum atomic E-state index is 0.275. The number of likely N-dealkylation sites (tertiary alicyclic amines) is 1. The van der Waals surface area contributed by atoms with Gasteiger partial charge in [0.2, 0.25) is 5.91 Å². The molecule has 1 aliphatic heterocycles. The van der Waals surface area contributed by atoms with Crippen molar-refractivity contribution in [2.45, 2.75) is 64.8 Å². The van der Waals surface area contributed by atoms with Gasteiger partial charge in [0.1, 0.15) is 0 Å². The predicted octanol–water partition coefficient (Wildman–Crippen LogP) is 2.59. The van der Waals surface area contributed by atoms with Crippen LogP contribution < -0.4 is 10.6 Å². The molecule has 0 aromatic carbocycles. The number of thiazole rings is 1. The van der Waals surface area contributed by atoms with E-state index in [4.69, 9.17) is 4.99 Å². The first-order chi connectivity index (χ1) is 13.2. The molecular weight excluding hydrogens is 358 g/mol. The fourth-order valence-corrected chi connectivity index (χ4v) is 4.76. The topological polar surface area (TPSA) is 69.6 Å². The molecular formula is C20H33N5OS. The molecule has 1 aromatic heterocycles. The minimum Gasteiger partial charge on any atom is -0.357 e. The van der Waals surface area contributed by atoms with Crippen molar-refractivity contribution in [2.24, 2.45) is 10.9 Å². The van der Waals surface area contributed by atoms with Crippen LogP contribution in [-0.2, 0) is 17.6 Å².